The molecular weight excluding hydrogens is 511 g/mol. The number of rotatable bonds is 8. The number of piperidine rings is 1. The Bertz CT molecular complexity index is 1080. The zero-order valence-electron chi connectivity index (χ0n) is 22.4. The summed E-state index contributed by atoms with van der Waals surface area (Å²) >= 11 is 12.5. The number of ether oxygens (including phenoxy) is 2. The molecule has 202 valence electrons. The predicted octanol–water partition coefficient (Wildman–Crippen LogP) is 7.00. The topological polar surface area (TPSA) is 59.1 Å². The van der Waals surface area contributed by atoms with E-state index in [1.54, 1.807) is 11.9 Å². The van der Waals surface area contributed by atoms with Crippen LogP contribution in [-0.4, -0.2) is 67.8 Å². The van der Waals surface area contributed by atoms with Crippen molar-refractivity contribution in [1.82, 2.24) is 9.80 Å². The van der Waals surface area contributed by atoms with Crippen LogP contribution in [0.3, 0.4) is 0 Å². The zero-order valence-corrected chi connectivity index (χ0v) is 23.9. The van der Waals surface area contributed by atoms with Crippen molar-refractivity contribution in [2.45, 2.75) is 57.5 Å². The lowest BCUT2D eigenvalue weighted by Crippen LogP contribution is -2.38. The lowest BCUT2D eigenvalue weighted by Gasteiger charge is -2.34. The fourth-order valence-corrected chi connectivity index (χ4v) is 5.14. The van der Waals surface area contributed by atoms with Crippen LogP contribution in [-0.2, 0) is 9.47 Å². The Morgan fingerprint density at radius 1 is 1.08 bits per heavy atom. The molecule has 0 saturated carbocycles. The van der Waals surface area contributed by atoms with Crippen molar-refractivity contribution in [2.24, 2.45) is 0 Å². The Kier molecular flexibility index (Phi) is 10.3. The van der Waals surface area contributed by atoms with Crippen LogP contribution in [0.5, 0.6) is 0 Å². The second kappa shape index (κ2) is 13.0. The highest BCUT2D eigenvalue weighted by atomic mass is 35.5. The molecule has 2 aromatic rings. The van der Waals surface area contributed by atoms with Gasteiger partial charge in [0.1, 0.15) is 5.60 Å². The van der Waals surface area contributed by atoms with Gasteiger partial charge in [0.25, 0.3) is 0 Å². The molecule has 0 aliphatic carbocycles. The van der Waals surface area contributed by atoms with Crippen molar-refractivity contribution in [3.8, 4) is 0 Å². The van der Waals surface area contributed by atoms with Crippen LogP contribution >= 0.6 is 23.2 Å². The SMILES string of the molecule is COC(=O)c1ccccc1C1CCN(CCC(CN(C)C(=O)OC(C)(C)C)c2ccc(Cl)c(Cl)c2)CC1. The summed E-state index contributed by atoms with van der Waals surface area (Å²) in [6.07, 6.45) is 2.46. The third-order valence-corrected chi connectivity index (χ3v) is 7.54. The molecule has 1 fully saturated rings. The van der Waals surface area contributed by atoms with Crippen LogP contribution in [0, 0.1) is 0 Å². The summed E-state index contributed by atoms with van der Waals surface area (Å²) in [5.41, 5.74) is 2.23. The molecule has 0 spiro atoms. The van der Waals surface area contributed by atoms with Crippen molar-refractivity contribution < 1.29 is 19.1 Å². The van der Waals surface area contributed by atoms with Gasteiger partial charge >= 0.3 is 12.1 Å². The fraction of sp³-hybridized carbons (Fsp3) is 0.517. The van der Waals surface area contributed by atoms with Crippen LogP contribution in [0.15, 0.2) is 42.5 Å². The fourth-order valence-electron chi connectivity index (χ4n) is 4.83. The van der Waals surface area contributed by atoms with Gasteiger partial charge in [-0.15, -0.1) is 0 Å². The number of amides is 1. The number of benzene rings is 2. The largest absolute Gasteiger partial charge is 0.465 e. The normalized spacial score (nSPS) is 15.8. The minimum absolute atomic E-state index is 0.0741. The molecule has 0 bridgehead atoms. The molecule has 1 amide bonds. The molecule has 1 atom stereocenters. The van der Waals surface area contributed by atoms with Crippen molar-refractivity contribution in [1.29, 1.82) is 0 Å². The van der Waals surface area contributed by atoms with Gasteiger partial charge in [0.05, 0.1) is 22.7 Å². The molecule has 6 nitrogen and oxygen atoms in total. The van der Waals surface area contributed by atoms with Crippen molar-refractivity contribution in [3.05, 3.63) is 69.2 Å². The average molecular weight is 550 g/mol. The average Bonchev–Trinajstić information content (AvgIpc) is 2.87. The summed E-state index contributed by atoms with van der Waals surface area (Å²) < 4.78 is 10.5. The summed E-state index contributed by atoms with van der Waals surface area (Å²) in [6, 6.07) is 13.4. The number of likely N-dealkylation sites (N-methyl/N-ethyl adjacent to an activating group) is 1. The Labute approximate surface area is 230 Å². The Morgan fingerprint density at radius 2 is 1.76 bits per heavy atom. The number of hydrogen-bond acceptors (Lipinski definition) is 5. The summed E-state index contributed by atoms with van der Waals surface area (Å²) in [7, 11) is 3.19. The summed E-state index contributed by atoms with van der Waals surface area (Å²) in [5.74, 6) is 0.123. The number of nitrogens with zero attached hydrogens (tertiary/aromatic N) is 2. The standard InChI is InChI=1S/C29H38Cl2N2O4/c1-29(2,3)37-28(35)32(4)19-22(21-10-11-25(30)26(31)18-21)14-17-33-15-12-20(13-16-33)23-8-6-7-9-24(23)27(34)36-5/h6-11,18,20,22H,12-17,19H2,1-5H3. The van der Waals surface area contributed by atoms with E-state index in [9.17, 15) is 9.59 Å². The zero-order chi connectivity index (χ0) is 27.2. The number of carbonyl (C=O) groups is 2. The van der Waals surface area contributed by atoms with Crippen molar-refractivity contribution in [3.63, 3.8) is 0 Å². The molecule has 1 aliphatic heterocycles. The second-order valence-electron chi connectivity index (χ2n) is 10.7. The third kappa shape index (κ3) is 8.36. The van der Waals surface area contributed by atoms with Crippen molar-refractivity contribution >= 4 is 35.3 Å². The van der Waals surface area contributed by atoms with Crippen molar-refractivity contribution in [2.75, 3.05) is 40.3 Å². The minimum atomic E-state index is -0.554. The Balaban J connectivity index is 1.65. The van der Waals surface area contributed by atoms with Gasteiger partial charge in [0, 0.05) is 19.5 Å². The first-order chi connectivity index (χ1) is 17.5. The number of halogens is 2. The first kappa shape index (κ1) is 29.3. The van der Waals surface area contributed by atoms with Crippen LogP contribution < -0.4 is 0 Å². The maximum absolute atomic E-state index is 12.6. The maximum Gasteiger partial charge on any atom is 0.410 e. The van der Waals surface area contributed by atoms with E-state index >= 15 is 0 Å². The van der Waals surface area contributed by atoms with Crippen LogP contribution in [0.25, 0.3) is 0 Å². The predicted molar refractivity (Wildman–Crippen MR) is 149 cm³/mol. The Hall–Kier alpha value is -2.28. The number of esters is 1. The second-order valence-corrected chi connectivity index (χ2v) is 11.5. The first-order valence-electron chi connectivity index (χ1n) is 12.8. The van der Waals surface area contributed by atoms with Gasteiger partial charge in [0.15, 0.2) is 0 Å². The quantitative estimate of drug-likeness (QED) is 0.332. The monoisotopic (exact) mass is 548 g/mol. The highest BCUT2D eigenvalue weighted by Gasteiger charge is 2.27. The summed E-state index contributed by atoms with van der Waals surface area (Å²) in [4.78, 5) is 28.9. The van der Waals surface area contributed by atoms with Gasteiger partial charge in [0.2, 0.25) is 0 Å². The van der Waals surface area contributed by atoms with E-state index in [2.05, 4.69) is 4.90 Å². The lowest BCUT2D eigenvalue weighted by atomic mass is 9.86. The molecule has 0 radical (unpaired) electrons. The van der Waals surface area contributed by atoms with Crippen LogP contribution in [0.2, 0.25) is 10.0 Å². The highest BCUT2D eigenvalue weighted by molar-refractivity contribution is 6.42. The van der Waals surface area contributed by atoms with Crippen LogP contribution in [0.4, 0.5) is 4.79 Å². The van der Waals surface area contributed by atoms with Gasteiger partial charge in [-0.2, -0.15) is 0 Å². The number of likely N-dealkylation sites (tertiary alicyclic amines) is 1. The van der Waals surface area contributed by atoms with E-state index in [0.717, 1.165) is 50.0 Å². The molecule has 8 heteroatoms. The van der Waals surface area contributed by atoms with Gasteiger partial charge in [-0.05, 0) is 94.9 Å². The number of hydrogen-bond donors (Lipinski definition) is 0. The van der Waals surface area contributed by atoms with Gasteiger partial charge in [-0.3, -0.25) is 0 Å². The van der Waals surface area contributed by atoms with Gasteiger partial charge in [-0.1, -0.05) is 47.5 Å². The smallest absolute Gasteiger partial charge is 0.410 e. The first-order valence-corrected chi connectivity index (χ1v) is 13.5. The molecule has 1 aliphatic rings. The maximum atomic E-state index is 12.6. The Morgan fingerprint density at radius 3 is 2.38 bits per heavy atom. The lowest BCUT2D eigenvalue weighted by molar-refractivity contribution is 0.0285. The van der Waals surface area contributed by atoms with E-state index in [1.165, 1.54) is 7.11 Å². The minimum Gasteiger partial charge on any atom is -0.465 e. The van der Waals surface area contributed by atoms with E-state index in [1.807, 2.05) is 63.2 Å². The van der Waals surface area contributed by atoms with E-state index in [4.69, 9.17) is 32.7 Å². The molecule has 1 heterocycles. The molecule has 2 aromatic carbocycles. The summed E-state index contributed by atoms with van der Waals surface area (Å²) in [6.45, 7) is 8.87. The number of carbonyl (C=O) groups excluding carboxylic acids is 2. The van der Waals surface area contributed by atoms with E-state index < -0.39 is 5.60 Å². The molecule has 0 aromatic heterocycles. The molecular formula is C29H38Cl2N2O4. The van der Waals surface area contributed by atoms with E-state index in [0.29, 0.717) is 28.1 Å². The van der Waals surface area contributed by atoms with E-state index in [-0.39, 0.29) is 18.0 Å². The molecule has 3 rings (SSSR count). The number of methoxy groups -OCH3 is 1. The molecule has 1 saturated heterocycles. The summed E-state index contributed by atoms with van der Waals surface area (Å²) in [5, 5.41) is 1.02. The van der Waals surface area contributed by atoms with Crippen LogP contribution in [0.1, 0.15) is 73.4 Å². The highest BCUT2D eigenvalue weighted by Crippen LogP contribution is 2.33. The van der Waals surface area contributed by atoms with Gasteiger partial charge < -0.3 is 19.3 Å². The molecule has 37 heavy (non-hydrogen) atoms. The molecule has 0 N–H and O–H groups in total. The van der Waals surface area contributed by atoms with Gasteiger partial charge in [-0.25, -0.2) is 9.59 Å². The third-order valence-electron chi connectivity index (χ3n) is 6.80. The molecule has 1 unspecified atom stereocenters.